The summed E-state index contributed by atoms with van der Waals surface area (Å²) >= 11 is 13.3. The minimum Gasteiger partial charge on any atom is -0.325 e. The molecule has 25 heavy (non-hydrogen) atoms. The average Bonchev–Trinajstić information content (AvgIpc) is 3.06. The van der Waals surface area contributed by atoms with Crippen LogP contribution in [0.2, 0.25) is 10.0 Å². The lowest BCUT2D eigenvalue weighted by molar-refractivity contribution is -0.113. The van der Waals surface area contributed by atoms with Crippen molar-refractivity contribution < 1.29 is 4.79 Å². The average molecular weight is 394 g/mol. The minimum absolute atomic E-state index is 0.160. The maximum Gasteiger partial charge on any atom is 0.234 e. The molecule has 3 aromatic rings. The molecule has 0 bridgehead atoms. The number of tetrazole rings is 1. The lowest BCUT2D eigenvalue weighted by atomic mass is 10.2. The fourth-order valence-electron chi connectivity index (χ4n) is 2.10. The molecule has 0 aliphatic carbocycles. The van der Waals surface area contributed by atoms with E-state index in [4.69, 9.17) is 23.2 Å². The van der Waals surface area contributed by atoms with Crippen molar-refractivity contribution in [3.05, 3.63) is 58.1 Å². The van der Waals surface area contributed by atoms with Crippen LogP contribution in [0.5, 0.6) is 0 Å². The second-order valence-corrected chi connectivity index (χ2v) is 6.89. The Morgan fingerprint density at radius 2 is 2.04 bits per heavy atom. The van der Waals surface area contributed by atoms with Crippen molar-refractivity contribution in [3.63, 3.8) is 0 Å². The SMILES string of the molecule is Cc1c(Cl)cccc1NC(=O)CSc1nnnn1-c1cccc(Cl)c1. The summed E-state index contributed by atoms with van der Waals surface area (Å²) in [6, 6.07) is 12.5. The van der Waals surface area contributed by atoms with E-state index in [0.29, 0.717) is 20.9 Å². The number of halogens is 2. The molecule has 0 aliphatic rings. The zero-order valence-electron chi connectivity index (χ0n) is 13.1. The van der Waals surface area contributed by atoms with Gasteiger partial charge in [0.15, 0.2) is 0 Å². The molecule has 0 unspecified atom stereocenters. The highest BCUT2D eigenvalue weighted by atomic mass is 35.5. The van der Waals surface area contributed by atoms with E-state index in [9.17, 15) is 4.79 Å². The van der Waals surface area contributed by atoms with Crippen molar-refractivity contribution in [1.29, 1.82) is 0 Å². The van der Waals surface area contributed by atoms with Gasteiger partial charge in [-0.25, -0.2) is 0 Å². The van der Waals surface area contributed by atoms with E-state index in [1.54, 1.807) is 30.3 Å². The normalized spacial score (nSPS) is 10.7. The Morgan fingerprint density at radius 3 is 2.84 bits per heavy atom. The summed E-state index contributed by atoms with van der Waals surface area (Å²) in [5, 5.41) is 16.1. The molecule has 0 spiro atoms. The van der Waals surface area contributed by atoms with Gasteiger partial charge in [0, 0.05) is 15.7 Å². The first kappa shape index (κ1) is 17.7. The summed E-state index contributed by atoms with van der Waals surface area (Å²) in [5.41, 5.74) is 2.24. The van der Waals surface area contributed by atoms with E-state index < -0.39 is 0 Å². The van der Waals surface area contributed by atoms with Gasteiger partial charge in [-0.05, 0) is 53.2 Å². The fourth-order valence-corrected chi connectivity index (χ4v) is 3.15. The van der Waals surface area contributed by atoms with E-state index in [1.165, 1.54) is 16.4 Å². The van der Waals surface area contributed by atoms with E-state index in [0.717, 1.165) is 11.3 Å². The van der Waals surface area contributed by atoms with Crippen molar-refractivity contribution in [2.75, 3.05) is 11.1 Å². The van der Waals surface area contributed by atoms with Gasteiger partial charge in [0.05, 0.1) is 11.4 Å². The Labute approximate surface area is 158 Å². The molecule has 0 radical (unpaired) electrons. The highest BCUT2D eigenvalue weighted by Crippen LogP contribution is 2.24. The Kier molecular flexibility index (Phi) is 5.57. The Hall–Kier alpha value is -2.09. The number of nitrogens with zero attached hydrogens (tertiary/aromatic N) is 4. The second-order valence-electron chi connectivity index (χ2n) is 5.10. The number of hydrogen-bond acceptors (Lipinski definition) is 5. The Balaban J connectivity index is 1.67. The zero-order chi connectivity index (χ0) is 17.8. The van der Waals surface area contributed by atoms with Crippen molar-refractivity contribution in [2.24, 2.45) is 0 Å². The van der Waals surface area contributed by atoms with E-state index in [2.05, 4.69) is 20.8 Å². The lowest BCUT2D eigenvalue weighted by Crippen LogP contribution is -2.15. The summed E-state index contributed by atoms with van der Waals surface area (Å²) in [5.74, 6) is -0.0107. The van der Waals surface area contributed by atoms with Gasteiger partial charge >= 0.3 is 0 Å². The molecule has 3 rings (SSSR count). The van der Waals surface area contributed by atoms with Crippen molar-refractivity contribution in [2.45, 2.75) is 12.1 Å². The standard InChI is InChI=1S/C16H13Cl2N5OS/c1-10-13(18)6-3-7-14(10)19-15(24)9-25-16-20-21-22-23(16)12-5-2-4-11(17)8-12/h2-8H,9H2,1H3,(H,19,24). The number of carbonyl (C=O) groups is 1. The van der Waals surface area contributed by atoms with Crippen LogP contribution in [0.4, 0.5) is 5.69 Å². The number of anilines is 1. The van der Waals surface area contributed by atoms with Gasteiger partial charge in [0.1, 0.15) is 0 Å². The Bertz CT molecular complexity index is 915. The molecule has 9 heteroatoms. The third-order valence-electron chi connectivity index (χ3n) is 3.37. The molecular formula is C16H13Cl2N5OS. The lowest BCUT2D eigenvalue weighted by Gasteiger charge is -2.09. The van der Waals surface area contributed by atoms with Gasteiger partial charge < -0.3 is 5.32 Å². The predicted molar refractivity (Wildman–Crippen MR) is 99.7 cm³/mol. The quantitative estimate of drug-likeness (QED) is 0.662. The number of benzene rings is 2. The summed E-state index contributed by atoms with van der Waals surface area (Å²) in [4.78, 5) is 12.2. The number of hydrogen-bond donors (Lipinski definition) is 1. The van der Waals surface area contributed by atoms with Gasteiger partial charge in [0.25, 0.3) is 0 Å². The maximum absolute atomic E-state index is 12.2. The molecule has 0 fully saturated rings. The van der Waals surface area contributed by atoms with Gasteiger partial charge in [-0.2, -0.15) is 4.68 Å². The van der Waals surface area contributed by atoms with E-state index in [1.807, 2.05) is 19.1 Å². The van der Waals surface area contributed by atoms with E-state index in [-0.39, 0.29) is 11.7 Å². The molecule has 0 saturated carbocycles. The number of rotatable bonds is 5. The summed E-state index contributed by atoms with van der Waals surface area (Å²) in [6.07, 6.45) is 0. The highest BCUT2D eigenvalue weighted by Gasteiger charge is 2.13. The number of aromatic nitrogens is 4. The number of carbonyl (C=O) groups excluding carboxylic acids is 1. The zero-order valence-corrected chi connectivity index (χ0v) is 15.4. The molecule has 0 saturated heterocycles. The first-order valence-corrected chi connectivity index (χ1v) is 9.01. The summed E-state index contributed by atoms with van der Waals surface area (Å²) in [6.45, 7) is 1.85. The van der Waals surface area contributed by atoms with Crippen LogP contribution in [0.15, 0.2) is 47.6 Å². The van der Waals surface area contributed by atoms with Crippen LogP contribution in [0.3, 0.4) is 0 Å². The van der Waals surface area contributed by atoms with Gasteiger partial charge in [0.2, 0.25) is 11.1 Å². The predicted octanol–water partition coefficient (Wildman–Crippen LogP) is 4.01. The molecule has 1 N–H and O–H groups in total. The number of nitrogens with one attached hydrogen (secondary N) is 1. The molecule has 1 heterocycles. The smallest absolute Gasteiger partial charge is 0.234 e. The van der Waals surface area contributed by atoms with Crippen molar-refractivity contribution >= 4 is 46.6 Å². The molecule has 1 aromatic heterocycles. The van der Waals surface area contributed by atoms with Crippen molar-refractivity contribution in [3.8, 4) is 5.69 Å². The third-order valence-corrected chi connectivity index (χ3v) is 4.93. The van der Waals surface area contributed by atoms with Gasteiger partial charge in [-0.1, -0.05) is 47.1 Å². The molecule has 128 valence electrons. The topological polar surface area (TPSA) is 72.7 Å². The van der Waals surface area contributed by atoms with Crippen LogP contribution in [0, 0.1) is 6.92 Å². The van der Waals surface area contributed by atoms with Crippen LogP contribution >= 0.6 is 35.0 Å². The highest BCUT2D eigenvalue weighted by molar-refractivity contribution is 7.99. The maximum atomic E-state index is 12.2. The molecule has 1 amide bonds. The van der Waals surface area contributed by atoms with Gasteiger partial charge in [-0.15, -0.1) is 5.10 Å². The summed E-state index contributed by atoms with van der Waals surface area (Å²) < 4.78 is 1.54. The number of amides is 1. The second kappa shape index (κ2) is 7.86. The summed E-state index contributed by atoms with van der Waals surface area (Å²) in [7, 11) is 0. The first-order chi connectivity index (χ1) is 12.0. The molecular weight excluding hydrogens is 381 g/mol. The van der Waals surface area contributed by atoms with Gasteiger partial charge in [-0.3, -0.25) is 4.79 Å². The van der Waals surface area contributed by atoms with Crippen molar-refractivity contribution in [1.82, 2.24) is 20.2 Å². The van der Waals surface area contributed by atoms with Crippen LogP contribution in [0.25, 0.3) is 5.69 Å². The fraction of sp³-hybridized carbons (Fsp3) is 0.125. The minimum atomic E-state index is -0.170. The van der Waals surface area contributed by atoms with Crippen LogP contribution < -0.4 is 5.32 Å². The van der Waals surface area contributed by atoms with Crippen LogP contribution in [0.1, 0.15) is 5.56 Å². The third kappa shape index (κ3) is 4.31. The largest absolute Gasteiger partial charge is 0.325 e. The molecule has 0 aliphatic heterocycles. The first-order valence-electron chi connectivity index (χ1n) is 7.26. The molecule has 2 aromatic carbocycles. The number of thioether (sulfide) groups is 1. The molecule has 6 nitrogen and oxygen atoms in total. The van der Waals surface area contributed by atoms with Crippen LogP contribution in [-0.2, 0) is 4.79 Å². The monoisotopic (exact) mass is 393 g/mol. The van der Waals surface area contributed by atoms with E-state index >= 15 is 0 Å². The van der Waals surface area contributed by atoms with Crippen LogP contribution in [-0.4, -0.2) is 31.9 Å². The molecule has 0 atom stereocenters. The Morgan fingerprint density at radius 1 is 1.24 bits per heavy atom.